The molecular weight excluding hydrogens is 376 g/mol. The third kappa shape index (κ3) is 3.88. The number of hydrogen-bond donors (Lipinski definition) is 2. The molecule has 0 radical (unpaired) electrons. The van der Waals surface area contributed by atoms with Gasteiger partial charge in [0.2, 0.25) is 5.91 Å². The number of nitrogens with zero attached hydrogens (tertiary/aromatic N) is 2. The zero-order valence-corrected chi connectivity index (χ0v) is 16.1. The van der Waals surface area contributed by atoms with Crippen LogP contribution in [0.3, 0.4) is 0 Å². The van der Waals surface area contributed by atoms with Crippen molar-refractivity contribution in [2.45, 2.75) is 0 Å². The molecule has 2 aromatic carbocycles. The lowest BCUT2D eigenvalue weighted by molar-refractivity contribution is -0.117. The number of aromatic nitrogens is 1. The van der Waals surface area contributed by atoms with Gasteiger partial charge in [-0.1, -0.05) is 41.9 Å². The molecule has 0 spiro atoms. The molecule has 1 saturated heterocycles. The normalized spacial score (nSPS) is 15.0. The highest BCUT2D eigenvalue weighted by atomic mass is 35.5. The SMILES string of the molecule is O=C(CN1CCN(C(=O)c2c[nH]c3ccccc23)CC1)Nc1ccccc1Cl. The van der Waals surface area contributed by atoms with Crippen molar-refractivity contribution >= 4 is 40.0 Å². The molecule has 1 aliphatic rings. The van der Waals surface area contributed by atoms with Crippen LogP contribution in [0.4, 0.5) is 5.69 Å². The molecule has 0 unspecified atom stereocenters. The first-order chi connectivity index (χ1) is 13.6. The summed E-state index contributed by atoms with van der Waals surface area (Å²) in [6.07, 6.45) is 1.77. The van der Waals surface area contributed by atoms with Gasteiger partial charge in [0, 0.05) is 43.3 Å². The number of piperazine rings is 1. The number of nitrogens with one attached hydrogen (secondary N) is 2. The molecular formula is C21H21ClN4O2. The van der Waals surface area contributed by atoms with E-state index < -0.39 is 0 Å². The van der Waals surface area contributed by atoms with Gasteiger partial charge in [0.05, 0.1) is 22.8 Å². The maximum Gasteiger partial charge on any atom is 0.256 e. The largest absolute Gasteiger partial charge is 0.360 e. The first-order valence-electron chi connectivity index (χ1n) is 9.24. The number of hydrogen-bond acceptors (Lipinski definition) is 3. The Bertz CT molecular complexity index is 1010. The summed E-state index contributed by atoms with van der Waals surface area (Å²) in [6, 6.07) is 15.0. The summed E-state index contributed by atoms with van der Waals surface area (Å²) in [5.74, 6) is -0.0814. The van der Waals surface area contributed by atoms with Crippen molar-refractivity contribution in [3.05, 3.63) is 65.3 Å². The van der Waals surface area contributed by atoms with Gasteiger partial charge in [-0.2, -0.15) is 0 Å². The molecule has 2 N–H and O–H groups in total. The van der Waals surface area contributed by atoms with Crippen LogP contribution in [0.1, 0.15) is 10.4 Å². The summed E-state index contributed by atoms with van der Waals surface area (Å²) in [6.45, 7) is 2.78. The number of para-hydroxylation sites is 2. The van der Waals surface area contributed by atoms with Crippen molar-refractivity contribution in [1.29, 1.82) is 0 Å². The molecule has 0 atom stereocenters. The van der Waals surface area contributed by atoms with Crippen LogP contribution in [0.2, 0.25) is 5.02 Å². The number of aromatic amines is 1. The zero-order valence-electron chi connectivity index (χ0n) is 15.3. The summed E-state index contributed by atoms with van der Waals surface area (Å²) in [5.41, 5.74) is 2.27. The van der Waals surface area contributed by atoms with Crippen LogP contribution in [-0.2, 0) is 4.79 Å². The summed E-state index contributed by atoms with van der Waals surface area (Å²) in [7, 11) is 0. The molecule has 28 heavy (non-hydrogen) atoms. The van der Waals surface area contributed by atoms with Crippen LogP contribution in [-0.4, -0.2) is 59.3 Å². The zero-order chi connectivity index (χ0) is 19.5. The third-order valence-electron chi connectivity index (χ3n) is 4.99. The number of H-pyrrole nitrogens is 1. The summed E-state index contributed by atoms with van der Waals surface area (Å²) in [5, 5.41) is 4.29. The van der Waals surface area contributed by atoms with E-state index >= 15 is 0 Å². The van der Waals surface area contributed by atoms with E-state index in [4.69, 9.17) is 11.6 Å². The molecule has 2 amide bonds. The van der Waals surface area contributed by atoms with Gasteiger partial charge >= 0.3 is 0 Å². The molecule has 1 aliphatic heterocycles. The Morgan fingerprint density at radius 2 is 1.71 bits per heavy atom. The highest BCUT2D eigenvalue weighted by Gasteiger charge is 2.25. The first kappa shape index (κ1) is 18.5. The average molecular weight is 397 g/mol. The number of rotatable bonds is 4. The molecule has 144 valence electrons. The van der Waals surface area contributed by atoms with E-state index in [-0.39, 0.29) is 18.4 Å². The monoisotopic (exact) mass is 396 g/mol. The second kappa shape index (κ2) is 8.04. The fourth-order valence-electron chi connectivity index (χ4n) is 3.48. The molecule has 4 rings (SSSR count). The fraction of sp³-hybridized carbons (Fsp3) is 0.238. The van der Waals surface area contributed by atoms with Crippen molar-refractivity contribution in [1.82, 2.24) is 14.8 Å². The van der Waals surface area contributed by atoms with E-state index in [0.29, 0.717) is 42.5 Å². The Balaban J connectivity index is 1.32. The van der Waals surface area contributed by atoms with E-state index in [1.54, 1.807) is 18.3 Å². The van der Waals surface area contributed by atoms with E-state index in [1.807, 2.05) is 46.2 Å². The van der Waals surface area contributed by atoms with Gasteiger partial charge in [0.15, 0.2) is 0 Å². The minimum Gasteiger partial charge on any atom is -0.360 e. The minimum absolute atomic E-state index is 0.0256. The lowest BCUT2D eigenvalue weighted by Crippen LogP contribution is -2.50. The Labute approximate surface area is 168 Å². The Morgan fingerprint density at radius 3 is 2.50 bits per heavy atom. The van der Waals surface area contributed by atoms with Crippen LogP contribution >= 0.6 is 11.6 Å². The molecule has 0 aliphatic carbocycles. The van der Waals surface area contributed by atoms with E-state index in [9.17, 15) is 9.59 Å². The minimum atomic E-state index is -0.107. The van der Waals surface area contributed by atoms with Crippen LogP contribution in [0.15, 0.2) is 54.7 Å². The predicted molar refractivity (Wildman–Crippen MR) is 111 cm³/mol. The molecule has 1 fully saturated rings. The lowest BCUT2D eigenvalue weighted by Gasteiger charge is -2.34. The number of amides is 2. The lowest BCUT2D eigenvalue weighted by atomic mass is 10.1. The van der Waals surface area contributed by atoms with Gasteiger partial charge in [0.1, 0.15) is 0 Å². The van der Waals surface area contributed by atoms with Crippen molar-refractivity contribution in [2.75, 3.05) is 38.0 Å². The number of fused-ring (bicyclic) bond motifs is 1. The van der Waals surface area contributed by atoms with Crippen molar-refractivity contribution in [2.24, 2.45) is 0 Å². The number of anilines is 1. The molecule has 6 nitrogen and oxygen atoms in total. The molecule has 0 bridgehead atoms. The number of carbonyl (C=O) groups is 2. The predicted octanol–water partition coefficient (Wildman–Crippen LogP) is 3.22. The number of carbonyl (C=O) groups excluding carboxylic acids is 2. The molecule has 1 aromatic heterocycles. The van der Waals surface area contributed by atoms with Crippen LogP contribution in [0, 0.1) is 0 Å². The summed E-state index contributed by atoms with van der Waals surface area (Å²) < 4.78 is 0. The Kier molecular flexibility index (Phi) is 5.32. The van der Waals surface area contributed by atoms with Crippen LogP contribution in [0.5, 0.6) is 0 Å². The molecule has 2 heterocycles. The molecule has 0 saturated carbocycles. The summed E-state index contributed by atoms with van der Waals surface area (Å²) >= 11 is 6.08. The van der Waals surface area contributed by atoms with Gasteiger partial charge in [-0.15, -0.1) is 0 Å². The second-order valence-electron chi connectivity index (χ2n) is 6.84. The third-order valence-corrected chi connectivity index (χ3v) is 5.32. The van der Waals surface area contributed by atoms with Gasteiger partial charge in [-0.05, 0) is 18.2 Å². The standard InChI is InChI=1S/C21H21ClN4O2/c22-17-6-2-4-8-19(17)24-20(27)14-25-9-11-26(12-10-25)21(28)16-13-23-18-7-3-1-5-15(16)18/h1-8,13,23H,9-12,14H2,(H,24,27). The molecule has 3 aromatic rings. The van der Waals surface area contributed by atoms with Crippen molar-refractivity contribution < 1.29 is 9.59 Å². The average Bonchev–Trinajstić information content (AvgIpc) is 3.14. The topological polar surface area (TPSA) is 68.4 Å². The van der Waals surface area contributed by atoms with Gasteiger partial charge < -0.3 is 15.2 Å². The maximum atomic E-state index is 12.9. The quantitative estimate of drug-likeness (QED) is 0.711. The van der Waals surface area contributed by atoms with Crippen molar-refractivity contribution in [3.8, 4) is 0 Å². The highest BCUT2D eigenvalue weighted by molar-refractivity contribution is 6.33. The van der Waals surface area contributed by atoms with Gasteiger partial charge in [-0.25, -0.2) is 0 Å². The number of halogens is 1. The van der Waals surface area contributed by atoms with Gasteiger partial charge in [-0.3, -0.25) is 14.5 Å². The Hall–Kier alpha value is -2.83. The van der Waals surface area contributed by atoms with Crippen molar-refractivity contribution in [3.63, 3.8) is 0 Å². The number of benzene rings is 2. The summed E-state index contributed by atoms with van der Waals surface area (Å²) in [4.78, 5) is 32.2. The Morgan fingerprint density at radius 1 is 1.00 bits per heavy atom. The smallest absolute Gasteiger partial charge is 0.256 e. The fourth-order valence-corrected chi connectivity index (χ4v) is 3.67. The van der Waals surface area contributed by atoms with E-state index in [1.165, 1.54) is 0 Å². The molecule has 7 heteroatoms. The highest BCUT2D eigenvalue weighted by Crippen LogP contribution is 2.21. The van der Waals surface area contributed by atoms with E-state index in [2.05, 4.69) is 10.3 Å². The first-order valence-corrected chi connectivity index (χ1v) is 9.62. The van der Waals surface area contributed by atoms with E-state index in [0.717, 1.165) is 10.9 Å². The second-order valence-corrected chi connectivity index (χ2v) is 7.25. The van der Waals surface area contributed by atoms with Crippen LogP contribution in [0.25, 0.3) is 10.9 Å². The van der Waals surface area contributed by atoms with Crippen LogP contribution < -0.4 is 5.32 Å². The maximum absolute atomic E-state index is 12.9. The van der Waals surface area contributed by atoms with Gasteiger partial charge in [0.25, 0.3) is 5.91 Å².